The standard InChI is InChI=1S/C25H27Cl2FN2S2/c1-18(23-9-4-3-7-19(23)8-5-6-16-31-29-2)30(25-17-21(27)12-15-24(25)28)32-22-13-10-20(26)11-14-22/h3-4,7,9-15,17-18,29H,5-6,8,16H2,1-2H3. The van der Waals surface area contributed by atoms with Gasteiger partial charge in [-0.3, -0.25) is 4.72 Å². The van der Waals surface area contributed by atoms with Crippen LogP contribution in [0.2, 0.25) is 10.0 Å². The van der Waals surface area contributed by atoms with Crippen LogP contribution in [-0.2, 0) is 6.42 Å². The minimum atomic E-state index is -0.302. The smallest absolute Gasteiger partial charge is 0.147 e. The van der Waals surface area contributed by atoms with Gasteiger partial charge in [0.05, 0.1) is 11.7 Å². The topological polar surface area (TPSA) is 15.3 Å². The average Bonchev–Trinajstić information content (AvgIpc) is 2.80. The molecule has 0 bridgehead atoms. The summed E-state index contributed by atoms with van der Waals surface area (Å²) in [5.74, 6) is 0.782. The maximum Gasteiger partial charge on any atom is 0.147 e. The second-order valence-corrected chi connectivity index (χ2v) is 10.4. The van der Waals surface area contributed by atoms with E-state index in [0.29, 0.717) is 15.7 Å². The molecule has 7 heteroatoms. The molecule has 0 saturated heterocycles. The molecule has 170 valence electrons. The molecule has 0 aliphatic heterocycles. The van der Waals surface area contributed by atoms with E-state index < -0.39 is 0 Å². The van der Waals surface area contributed by atoms with Gasteiger partial charge in [0.15, 0.2) is 0 Å². The third kappa shape index (κ3) is 7.06. The highest BCUT2D eigenvalue weighted by Crippen LogP contribution is 2.40. The predicted octanol–water partition coefficient (Wildman–Crippen LogP) is 8.60. The molecule has 3 rings (SSSR count). The number of aryl methyl sites for hydroxylation is 1. The van der Waals surface area contributed by atoms with Crippen LogP contribution in [0.25, 0.3) is 0 Å². The summed E-state index contributed by atoms with van der Waals surface area (Å²) in [4.78, 5) is 0.974. The fourth-order valence-corrected chi connectivity index (χ4v) is 5.33. The van der Waals surface area contributed by atoms with Crippen molar-refractivity contribution in [2.24, 2.45) is 0 Å². The number of unbranched alkanes of at least 4 members (excludes halogenated alkanes) is 1. The molecular formula is C25H27Cl2FN2S2. The van der Waals surface area contributed by atoms with E-state index in [1.807, 2.05) is 41.7 Å². The second-order valence-electron chi connectivity index (χ2n) is 7.35. The van der Waals surface area contributed by atoms with Crippen molar-refractivity contribution >= 4 is 52.8 Å². The highest BCUT2D eigenvalue weighted by Gasteiger charge is 2.23. The Bertz CT molecular complexity index is 1000. The van der Waals surface area contributed by atoms with Gasteiger partial charge in [0.1, 0.15) is 5.82 Å². The van der Waals surface area contributed by atoms with Crippen LogP contribution in [0.5, 0.6) is 0 Å². The van der Waals surface area contributed by atoms with Crippen LogP contribution in [0.4, 0.5) is 10.1 Å². The first-order valence-electron chi connectivity index (χ1n) is 10.5. The van der Waals surface area contributed by atoms with Crippen molar-refractivity contribution in [1.82, 2.24) is 4.72 Å². The molecule has 0 amide bonds. The van der Waals surface area contributed by atoms with Gasteiger partial charge in [0.2, 0.25) is 0 Å². The lowest BCUT2D eigenvalue weighted by molar-refractivity contribution is 0.621. The molecule has 2 nitrogen and oxygen atoms in total. The molecule has 3 aromatic carbocycles. The zero-order chi connectivity index (χ0) is 22.9. The van der Waals surface area contributed by atoms with Gasteiger partial charge in [-0.05, 0) is 98.8 Å². The Hall–Kier alpha value is -1.37. The lowest BCUT2D eigenvalue weighted by Crippen LogP contribution is -2.21. The molecule has 1 N–H and O–H groups in total. The molecule has 0 saturated carbocycles. The normalized spacial score (nSPS) is 12.0. The van der Waals surface area contributed by atoms with E-state index in [0.717, 1.165) is 29.9 Å². The summed E-state index contributed by atoms with van der Waals surface area (Å²) in [5, 5.41) is 1.18. The highest BCUT2D eigenvalue weighted by atomic mass is 35.5. The Labute approximate surface area is 209 Å². The van der Waals surface area contributed by atoms with Crippen molar-refractivity contribution in [2.45, 2.75) is 37.1 Å². The van der Waals surface area contributed by atoms with E-state index in [-0.39, 0.29) is 11.9 Å². The van der Waals surface area contributed by atoms with E-state index >= 15 is 0 Å². The Morgan fingerprint density at radius 2 is 1.69 bits per heavy atom. The van der Waals surface area contributed by atoms with Gasteiger partial charge in [-0.15, -0.1) is 0 Å². The minimum absolute atomic E-state index is 0.0773. The zero-order valence-corrected chi connectivity index (χ0v) is 21.3. The Kier molecular flexibility index (Phi) is 10.1. The summed E-state index contributed by atoms with van der Waals surface area (Å²) < 4.78 is 20.1. The van der Waals surface area contributed by atoms with Gasteiger partial charge in [-0.25, -0.2) is 4.39 Å². The van der Waals surface area contributed by atoms with Gasteiger partial charge < -0.3 is 4.31 Å². The first-order valence-corrected chi connectivity index (χ1v) is 13.0. The molecule has 0 aromatic heterocycles. The second kappa shape index (κ2) is 12.8. The lowest BCUT2D eigenvalue weighted by Gasteiger charge is -2.32. The average molecular weight is 510 g/mol. The molecule has 3 aromatic rings. The monoisotopic (exact) mass is 508 g/mol. The molecular weight excluding hydrogens is 482 g/mol. The molecule has 0 aliphatic rings. The Morgan fingerprint density at radius 3 is 2.44 bits per heavy atom. The van der Waals surface area contributed by atoms with Gasteiger partial charge >= 0.3 is 0 Å². The van der Waals surface area contributed by atoms with Crippen LogP contribution in [0.3, 0.4) is 0 Å². The number of anilines is 1. The van der Waals surface area contributed by atoms with Crippen LogP contribution in [0.1, 0.15) is 36.9 Å². The largest absolute Gasteiger partial charge is 0.302 e. The number of rotatable bonds is 11. The molecule has 0 heterocycles. The lowest BCUT2D eigenvalue weighted by atomic mass is 9.97. The number of hydrogen-bond donors (Lipinski definition) is 1. The molecule has 0 aliphatic carbocycles. The Balaban J connectivity index is 1.91. The van der Waals surface area contributed by atoms with Gasteiger partial charge in [-0.2, -0.15) is 0 Å². The van der Waals surface area contributed by atoms with E-state index in [9.17, 15) is 4.39 Å². The maximum absolute atomic E-state index is 14.9. The zero-order valence-electron chi connectivity index (χ0n) is 18.2. The highest BCUT2D eigenvalue weighted by molar-refractivity contribution is 8.00. The predicted molar refractivity (Wildman–Crippen MR) is 141 cm³/mol. The van der Waals surface area contributed by atoms with Crippen molar-refractivity contribution in [3.63, 3.8) is 0 Å². The van der Waals surface area contributed by atoms with Crippen LogP contribution in [0.15, 0.2) is 71.6 Å². The molecule has 0 fully saturated rings. The van der Waals surface area contributed by atoms with Gasteiger partial charge in [0, 0.05) is 20.7 Å². The summed E-state index contributed by atoms with van der Waals surface area (Å²) in [6.07, 6.45) is 3.23. The van der Waals surface area contributed by atoms with E-state index in [1.165, 1.54) is 29.1 Å². The number of halogens is 3. The number of nitrogens with zero attached hydrogens (tertiary/aromatic N) is 1. The van der Waals surface area contributed by atoms with Crippen molar-refractivity contribution in [2.75, 3.05) is 17.1 Å². The van der Waals surface area contributed by atoms with Crippen LogP contribution in [0, 0.1) is 5.82 Å². The summed E-state index contributed by atoms with van der Waals surface area (Å²) in [6, 6.07) is 20.6. The molecule has 0 spiro atoms. The Morgan fingerprint density at radius 1 is 0.969 bits per heavy atom. The van der Waals surface area contributed by atoms with Gasteiger partial charge in [0.25, 0.3) is 0 Å². The van der Waals surface area contributed by atoms with Crippen LogP contribution >= 0.6 is 47.1 Å². The molecule has 32 heavy (non-hydrogen) atoms. The first kappa shape index (κ1) is 25.3. The first-order chi connectivity index (χ1) is 15.5. The van der Waals surface area contributed by atoms with Crippen LogP contribution in [-0.4, -0.2) is 12.8 Å². The van der Waals surface area contributed by atoms with E-state index in [4.69, 9.17) is 23.2 Å². The molecule has 0 radical (unpaired) electrons. The number of hydrogen-bond acceptors (Lipinski definition) is 4. The molecule has 1 atom stereocenters. The van der Waals surface area contributed by atoms with Crippen molar-refractivity contribution in [3.8, 4) is 0 Å². The molecule has 1 unspecified atom stereocenters. The SMILES string of the molecule is CNSCCCCc1ccccc1C(C)N(Sc1ccc(Cl)cc1)c1cc(Cl)ccc1F. The summed E-state index contributed by atoms with van der Waals surface area (Å²) in [6.45, 7) is 2.11. The fourth-order valence-electron chi connectivity index (χ4n) is 3.49. The summed E-state index contributed by atoms with van der Waals surface area (Å²) in [5.41, 5.74) is 2.94. The third-order valence-electron chi connectivity index (χ3n) is 5.11. The fraction of sp³-hybridized carbons (Fsp3) is 0.280. The summed E-state index contributed by atoms with van der Waals surface area (Å²) in [7, 11) is 1.95. The van der Waals surface area contributed by atoms with Gasteiger partial charge in [-0.1, -0.05) is 59.4 Å². The van der Waals surface area contributed by atoms with E-state index in [2.05, 4.69) is 29.8 Å². The third-order valence-corrected chi connectivity index (χ3v) is 7.57. The van der Waals surface area contributed by atoms with Crippen molar-refractivity contribution in [1.29, 1.82) is 0 Å². The van der Waals surface area contributed by atoms with E-state index in [1.54, 1.807) is 24.1 Å². The van der Waals surface area contributed by atoms with Crippen molar-refractivity contribution in [3.05, 3.63) is 93.7 Å². The number of nitrogens with one attached hydrogen (secondary N) is 1. The van der Waals surface area contributed by atoms with Crippen molar-refractivity contribution < 1.29 is 4.39 Å². The summed E-state index contributed by atoms with van der Waals surface area (Å²) >= 11 is 15.5. The van der Waals surface area contributed by atoms with Crippen LogP contribution < -0.4 is 9.03 Å². The maximum atomic E-state index is 14.9. The number of benzene rings is 3. The minimum Gasteiger partial charge on any atom is -0.302 e. The quantitative estimate of drug-likeness (QED) is 0.206.